The summed E-state index contributed by atoms with van der Waals surface area (Å²) in [5.41, 5.74) is 0. The average molecular weight is 360 g/mol. The van der Waals surface area contributed by atoms with Gasteiger partial charge < -0.3 is 15.3 Å². The lowest BCUT2D eigenvalue weighted by atomic mass is 10.0. The highest BCUT2D eigenvalue weighted by atomic mass is 16.5. The fourth-order valence-electron chi connectivity index (χ4n) is 3.25. The molecule has 0 heterocycles. The number of aliphatic hydroxyl groups excluding tert-OH is 1. The molecule has 0 saturated carbocycles. The van der Waals surface area contributed by atoms with Crippen LogP contribution in [0.3, 0.4) is 0 Å². The summed E-state index contributed by atoms with van der Waals surface area (Å²) in [4.78, 5) is 1.40. The average Bonchev–Trinajstić information content (AvgIpc) is 2.58. The predicted octanol–water partition coefficient (Wildman–Crippen LogP) is 4.81. The standard InChI is InChI=1S/C21H45NO3/c1-3-4-5-6-7-8-9-10-11-12-13-14-15-16-17-18-21(24,25)22(2)19-20-23/h23-25H,3-20H2,1-2H3. The highest BCUT2D eigenvalue weighted by molar-refractivity contribution is 4.64. The summed E-state index contributed by atoms with van der Waals surface area (Å²) in [7, 11) is 1.63. The van der Waals surface area contributed by atoms with E-state index in [-0.39, 0.29) is 13.2 Å². The third kappa shape index (κ3) is 15.8. The van der Waals surface area contributed by atoms with E-state index in [0.717, 1.165) is 12.8 Å². The van der Waals surface area contributed by atoms with Crippen molar-refractivity contribution in [2.45, 2.75) is 116 Å². The van der Waals surface area contributed by atoms with Gasteiger partial charge in [0.05, 0.1) is 6.61 Å². The minimum atomic E-state index is -1.78. The Morgan fingerprint density at radius 3 is 1.36 bits per heavy atom. The van der Waals surface area contributed by atoms with Gasteiger partial charge in [0, 0.05) is 13.0 Å². The fraction of sp³-hybridized carbons (Fsp3) is 1.00. The third-order valence-electron chi connectivity index (χ3n) is 5.16. The zero-order chi connectivity index (χ0) is 18.8. The first-order valence-corrected chi connectivity index (χ1v) is 10.8. The van der Waals surface area contributed by atoms with E-state index in [1.165, 1.54) is 88.4 Å². The van der Waals surface area contributed by atoms with Crippen molar-refractivity contribution < 1.29 is 15.3 Å². The van der Waals surface area contributed by atoms with E-state index in [4.69, 9.17) is 5.11 Å². The van der Waals surface area contributed by atoms with Crippen LogP contribution in [-0.2, 0) is 0 Å². The Morgan fingerprint density at radius 2 is 1.00 bits per heavy atom. The van der Waals surface area contributed by atoms with Crippen molar-refractivity contribution in [2.75, 3.05) is 20.2 Å². The third-order valence-corrected chi connectivity index (χ3v) is 5.16. The second-order valence-corrected chi connectivity index (χ2v) is 7.62. The molecule has 4 heteroatoms. The predicted molar refractivity (Wildman–Crippen MR) is 106 cm³/mol. The monoisotopic (exact) mass is 359 g/mol. The maximum atomic E-state index is 9.89. The number of likely N-dealkylation sites (N-methyl/N-ethyl adjacent to an activating group) is 1. The van der Waals surface area contributed by atoms with Gasteiger partial charge in [-0.05, 0) is 13.5 Å². The van der Waals surface area contributed by atoms with Gasteiger partial charge in [0.2, 0.25) is 5.91 Å². The number of nitrogens with zero attached hydrogens (tertiary/aromatic N) is 1. The van der Waals surface area contributed by atoms with Gasteiger partial charge in [-0.25, -0.2) is 0 Å². The first-order valence-electron chi connectivity index (χ1n) is 10.8. The molecule has 0 aromatic heterocycles. The van der Waals surface area contributed by atoms with Crippen molar-refractivity contribution in [3.63, 3.8) is 0 Å². The van der Waals surface area contributed by atoms with Crippen LogP contribution in [0.2, 0.25) is 0 Å². The number of hydrogen-bond donors (Lipinski definition) is 3. The molecule has 0 fully saturated rings. The number of unbranched alkanes of at least 4 members (excludes halogenated alkanes) is 14. The Balaban J connectivity index is 3.26. The Hall–Kier alpha value is -0.160. The summed E-state index contributed by atoms with van der Waals surface area (Å²) in [5, 5.41) is 28.6. The van der Waals surface area contributed by atoms with E-state index in [1.807, 2.05) is 0 Å². The number of hydrogen-bond acceptors (Lipinski definition) is 4. The molecule has 0 saturated heterocycles. The van der Waals surface area contributed by atoms with Gasteiger partial charge in [0.15, 0.2) is 0 Å². The molecular weight excluding hydrogens is 314 g/mol. The van der Waals surface area contributed by atoms with Crippen LogP contribution in [0, 0.1) is 0 Å². The van der Waals surface area contributed by atoms with Gasteiger partial charge in [0.25, 0.3) is 0 Å². The fourth-order valence-corrected chi connectivity index (χ4v) is 3.25. The first-order chi connectivity index (χ1) is 12.0. The molecular formula is C21H45NO3. The van der Waals surface area contributed by atoms with E-state index in [0.29, 0.717) is 6.42 Å². The summed E-state index contributed by atoms with van der Waals surface area (Å²) < 4.78 is 0. The molecule has 0 amide bonds. The highest BCUT2D eigenvalue weighted by Gasteiger charge is 2.27. The van der Waals surface area contributed by atoms with Gasteiger partial charge in [-0.1, -0.05) is 96.8 Å². The second kappa shape index (κ2) is 17.3. The normalized spacial score (nSPS) is 12.2. The Labute approximate surface area is 156 Å². The maximum absolute atomic E-state index is 9.89. The van der Waals surface area contributed by atoms with Crippen LogP contribution in [0.4, 0.5) is 0 Å². The molecule has 0 aliphatic carbocycles. The van der Waals surface area contributed by atoms with E-state index >= 15 is 0 Å². The van der Waals surface area contributed by atoms with Crippen LogP contribution in [0.1, 0.15) is 110 Å². The summed E-state index contributed by atoms with van der Waals surface area (Å²) in [6.45, 7) is 2.49. The van der Waals surface area contributed by atoms with E-state index < -0.39 is 5.91 Å². The van der Waals surface area contributed by atoms with Crippen molar-refractivity contribution in [3.05, 3.63) is 0 Å². The van der Waals surface area contributed by atoms with Gasteiger partial charge in [-0.15, -0.1) is 0 Å². The Morgan fingerprint density at radius 1 is 0.640 bits per heavy atom. The lowest BCUT2D eigenvalue weighted by Gasteiger charge is -2.31. The van der Waals surface area contributed by atoms with Crippen molar-refractivity contribution in [1.29, 1.82) is 0 Å². The molecule has 0 atom stereocenters. The molecule has 0 aliphatic rings. The van der Waals surface area contributed by atoms with Crippen LogP contribution >= 0.6 is 0 Å². The zero-order valence-electron chi connectivity index (χ0n) is 17.0. The van der Waals surface area contributed by atoms with E-state index in [1.54, 1.807) is 7.05 Å². The topological polar surface area (TPSA) is 63.9 Å². The summed E-state index contributed by atoms with van der Waals surface area (Å²) in [5.74, 6) is -1.78. The minimum Gasteiger partial charge on any atom is -0.395 e. The maximum Gasteiger partial charge on any atom is 0.224 e. The second-order valence-electron chi connectivity index (χ2n) is 7.62. The van der Waals surface area contributed by atoms with Crippen LogP contribution in [0.5, 0.6) is 0 Å². The van der Waals surface area contributed by atoms with Crippen LogP contribution in [-0.4, -0.2) is 46.3 Å². The largest absolute Gasteiger partial charge is 0.395 e. The van der Waals surface area contributed by atoms with Gasteiger partial charge in [-0.2, -0.15) is 0 Å². The minimum absolute atomic E-state index is 0.0573. The van der Waals surface area contributed by atoms with Crippen LogP contribution in [0.25, 0.3) is 0 Å². The van der Waals surface area contributed by atoms with Crippen molar-refractivity contribution >= 4 is 0 Å². The van der Waals surface area contributed by atoms with Crippen molar-refractivity contribution in [3.8, 4) is 0 Å². The molecule has 152 valence electrons. The van der Waals surface area contributed by atoms with Crippen LogP contribution in [0.15, 0.2) is 0 Å². The molecule has 25 heavy (non-hydrogen) atoms. The molecule has 0 aromatic rings. The molecule has 4 nitrogen and oxygen atoms in total. The summed E-state index contributed by atoms with van der Waals surface area (Å²) in [6.07, 6.45) is 19.9. The lowest BCUT2D eigenvalue weighted by Crippen LogP contribution is -2.47. The highest BCUT2D eigenvalue weighted by Crippen LogP contribution is 2.17. The number of aliphatic hydroxyl groups is 3. The van der Waals surface area contributed by atoms with Crippen molar-refractivity contribution in [2.24, 2.45) is 0 Å². The molecule has 0 bridgehead atoms. The van der Waals surface area contributed by atoms with Crippen molar-refractivity contribution in [1.82, 2.24) is 4.90 Å². The Bertz CT molecular complexity index is 272. The SMILES string of the molecule is CCCCCCCCCCCCCCCCCC(O)(O)N(C)CCO. The number of rotatable bonds is 19. The molecule has 0 spiro atoms. The molecule has 0 radical (unpaired) electrons. The van der Waals surface area contributed by atoms with Gasteiger partial charge >= 0.3 is 0 Å². The quantitative estimate of drug-likeness (QED) is 0.229. The van der Waals surface area contributed by atoms with Gasteiger partial charge in [0.1, 0.15) is 0 Å². The lowest BCUT2D eigenvalue weighted by molar-refractivity contribution is -0.262. The molecule has 0 unspecified atom stereocenters. The summed E-state index contributed by atoms with van der Waals surface area (Å²) in [6, 6.07) is 0. The molecule has 0 aliphatic heterocycles. The van der Waals surface area contributed by atoms with E-state index in [9.17, 15) is 10.2 Å². The first kappa shape index (κ1) is 24.8. The molecule has 0 rings (SSSR count). The Kier molecular flexibility index (Phi) is 17.2. The molecule has 3 N–H and O–H groups in total. The van der Waals surface area contributed by atoms with Crippen LogP contribution < -0.4 is 0 Å². The zero-order valence-corrected chi connectivity index (χ0v) is 17.0. The molecule has 0 aromatic carbocycles. The summed E-state index contributed by atoms with van der Waals surface area (Å²) >= 11 is 0. The van der Waals surface area contributed by atoms with E-state index in [2.05, 4.69) is 6.92 Å². The smallest absolute Gasteiger partial charge is 0.224 e. The van der Waals surface area contributed by atoms with Gasteiger partial charge in [-0.3, -0.25) is 4.90 Å².